The number of carbonyl (C=O) groups excluding carboxylic acids is 1. The molecule has 3 heterocycles. The van der Waals surface area contributed by atoms with E-state index in [4.69, 9.17) is 39.6 Å². The van der Waals surface area contributed by atoms with Crippen LogP contribution in [0.3, 0.4) is 0 Å². The monoisotopic (exact) mass is 611 g/mol. The van der Waals surface area contributed by atoms with Crippen LogP contribution in [-0.4, -0.2) is 116 Å². The topological polar surface area (TPSA) is 202 Å². The van der Waals surface area contributed by atoms with Gasteiger partial charge in [-0.25, -0.2) is 29.1 Å². The maximum atomic E-state index is 13.0. The molecule has 2 aromatic rings. The minimum Gasteiger partial charge on any atom is -0.473 e. The summed E-state index contributed by atoms with van der Waals surface area (Å²) in [6.45, 7) is 4.43. The van der Waals surface area contributed by atoms with Crippen molar-refractivity contribution in [2.24, 2.45) is 0 Å². The molecule has 4 rings (SSSR count). The summed E-state index contributed by atoms with van der Waals surface area (Å²) in [6, 6.07) is 7.25. The summed E-state index contributed by atoms with van der Waals surface area (Å²) in [6.07, 6.45) is 1.31. The molecule has 1 saturated heterocycles. The van der Waals surface area contributed by atoms with Crippen LogP contribution in [0.2, 0.25) is 0 Å². The molecule has 0 radical (unpaired) electrons. The first-order valence-electron chi connectivity index (χ1n) is 12.5. The second kappa shape index (κ2) is 15.8. The molecular weight excluding hydrogens is 583 g/mol. The molecule has 0 spiro atoms. The molecule has 0 saturated carbocycles. The molecular formula is C26H28F3N5O9. The fourth-order valence-electron chi connectivity index (χ4n) is 3.95. The Hall–Kier alpha value is -5.06. The summed E-state index contributed by atoms with van der Waals surface area (Å²) >= 11 is 0. The third-order valence-corrected chi connectivity index (χ3v) is 6.11. The van der Waals surface area contributed by atoms with Gasteiger partial charge in [-0.05, 0) is 35.8 Å². The first kappa shape index (κ1) is 34.1. The van der Waals surface area contributed by atoms with E-state index in [1.807, 2.05) is 12.1 Å². The highest BCUT2D eigenvalue weighted by Crippen LogP contribution is 2.32. The van der Waals surface area contributed by atoms with Gasteiger partial charge in [0, 0.05) is 45.5 Å². The molecule has 0 atom stereocenters. The number of aromatic nitrogens is 2. The SMILES string of the molecule is O=C(CN1CCN(c2ccncn2)CC1)N1CC=C(c2cccc(C(F)(F)F)c2)CC1.O=C(O)C(=O)O.O=C(O)C(=O)O. The largest absolute Gasteiger partial charge is 0.473 e. The number of benzene rings is 1. The maximum Gasteiger partial charge on any atom is 0.416 e. The van der Waals surface area contributed by atoms with Crippen molar-refractivity contribution in [3.8, 4) is 0 Å². The lowest BCUT2D eigenvalue weighted by Gasteiger charge is -2.36. The zero-order valence-electron chi connectivity index (χ0n) is 22.5. The van der Waals surface area contributed by atoms with Crippen LogP contribution in [0.1, 0.15) is 17.5 Å². The molecule has 4 N–H and O–H groups in total. The molecule has 0 bridgehead atoms. The van der Waals surface area contributed by atoms with Crippen molar-refractivity contribution in [3.05, 3.63) is 60.1 Å². The fraction of sp³-hybridized carbons (Fsp3) is 0.346. The van der Waals surface area contributed by atoms with Crippen LogP contribution in [0.25, 0.3) is 5.57 Å². The van der Waals surface area contributed by atoms with Gasteiger partial charge in [-0.2, -0.15) is 13.2 Å². The minimum atomic E-state index is -4.36. The zero-order valence-corrected chi connectivity index (χ0v) is 22.5. The number of amides is 1. The van der Waals surface area contributed by atoms with Gasteiger partial charge in [-0.15, -0.1) is 0 Å². The molecule has 14 nitrogen and oxygen atoms in total. The number of carboxylic acids is 4. The van der Waals surface area contributed by atoms with Gasteiger partial charge in [-0.1, -0.05) is 18.2 Å². The van der Waals surface area contributed by atoms with Crippen molar-refractivity contribution in [1.29, 1.82) is 0 Å². The highest BCUT2D eigenvalue weighted by Gasteiger charge is 2.31. The molecule has 232 valence electrons. The number of carbonyl (C=O) groups is 5. The minimum absolute atomic E-state index is 0.0508. The van der Waals surface area contributed by atoms with E-state index in [9.17, 15) is 18.0 Å². The number of halogens is 3. The predicted molar refractivity (Wildman–Crippen MR) is 142 cm³/mol. The lowest BCUT2D eigenvalue weighted by molar-refractivity contribution is -0.159. The Balaban J connectivity index is 0.000000455. The highest BCUT2D eigenvalue weighted by atomic mass is 19.4. The van der Waals surface area contributed by atoms with Crippen LogP contribution in [0.4, 0.5) is 19.0 Å². The van der Waals surface area contributed by atoms with Crippen molar-refractivity contribution < 1.29 is 57.6 Å². The molecule has 1 fully saturated rings. The molecule has 17 heteroatoms. The summed E-state index contributed by atoms with van der Waals surface area (Å²) in [5.74, 6) is -6.35. The Bertz CT molecular complexity index is 1280. The zero-order chi connectivity index (χ0) is 32.2. The van der Waals surface area contributed by atoms with Gasteiger partial charge in [0.2, 0.25) is 5.91 Å². The van der Waals surface area contributed by atoms with Crippen LogP contribution in [0, 0.1) is 0 Å². The summed E-state index contributed by atoms with van der Waals surface area (Å²) in [7, 11) is 0. The van der Waals surface area contributed by atoms with Gasteiger partial charge in [0.15, 0.2) is 0 Å². The van der Waals surface area contributed by atoms with E-state index in [1.54, 1.807) is 17.2 Å². The van der Waals surface area contributed by atoms with Crippen LogP contribution in [-0.2, 0) is 30.1 Å². The average molecular weight is 612 g/mol. The van der Waals surface area contributed by atoms with Gasteiger partial charge in [0.05, 0.1) is 12.1 Å². The van der Waals surface area contributed by atoms with Crippen LogP contribution in [0.15, 0.2) is 48.9 Å². The number of rotatable bonds is 4. The number of nitrogens with zero attached hydrogens (tertiary/aromatic N) is 5. The van der Waals surface area contributed by atoms with E-state index >= 15 is 0 Å². The van der Waals surface area contributed by atoms with Crippen molar-refractivity contribution in [3.63, 3.8) is 0 Å². The first-order valence-corrected chi connectivity index (χ1v) is 12.5. The Kier molecular flexibility index (Phi) is 12.6. The summed E-state index contributed by atoms with van der Waals surface area (Å²) in [4.78, 5) is 63.4. The van der Waals surface area contributed by atoms with Gasteiger partial charge < -0.3 is 30.2 Å². The van der Waals surface area contributed by atoms with E-state index in [0.717, 1.165) is 43.6 Å². The standard InChI is InChI=1S/C22H24F3N5O.2C2H2O4/c23-22(24,25)19-3-1-2-18(14-19)17-5-8-30(9-6-17)21(31)15-28-10-12-29(13-11-28)20-4-7-26-16-27-20;2*3-1(4)2(5)6/h1-5,7,14,16H,6,8-13,15H2;2*(H,3,4)(H,5,6). The molecule has 43 heavy (non-hydrogen) atoms. The van der Waals surface area contributed by atoms with Gasteiger partial charge >= 0.3 is 30.1 Å². The van der Waals surface area contributed by atoms with Crippen LogP contribution >= 0.6 is 0 Å². The summed E-state index contributed by atoms with van der Waals surface area (Å²) in [5.41, 5.74) is 0.780. The number of piperazine rings is 1. The van der Waals surface area contributed by atoms with Crippen LogP contribution in [0.5, 0.6) is 0 Å². The maximum absolute atomic E-state index is 13.0. The average Bonchev–Trinajstić information content (AvgIpc) is 2.98. The lowest BCUT2D eigenvalue weighted by atomic mass is 9.97. The van der Waals surface area contributed by atoms with Crippen molar-refractivity contribution in [1.82, 2.24) is 19.8 Å². The fourth-order valence-corrected chi connectivity index (χ4v) is 3.95. The lowest BCUT2D eigenvalue weighted by Crippen LogP contribution is -2.50. The Morgan fingerprint density at radius 2 is 1.44 bits per heavy atom. The van der Waals surface area contributed by atoms with Gasteiger partial charge in [-0.3, -0.25) is 9.69 Å². The molecule has 0 unspecified atom stereocenters. The number of anilines is 1. The smallest absolute Gasteiger partial charge is 0.416 e. The van der Waals surface area contributed by atoms with Crippen molar-refractivity contribution >= 4 is 41.2 Å². The van der Waals surface area contributed by atoms with Crippen LogP contribution < -0.4 is 4.90 Å². The molecule has 2 aliphatic heterocycles. The van der Waals surface area contributed by atoms with E-state index in [-0.39, 0.29) is 5.91 Å². The molecule has 1 amide bonds. The van der Waals surface area contributed by atoms with E-state index in [1.165, 1.54) is 18.5 Å². The van der Waals surface area contributed by atoms with Gasteiger partial charge in [0.1, 0.15) is 12.1 Å². The second-order valence-corrected chi connectivity index (χ2v) is 8.95. The molecule has 1 aromatic carbocycles. The Labute approximate surface area is 242 Å². The molecule has 1 aromatic heterocycles. The Morgan fingerprint density at radius 3 is 1.91 bits per heavy atom. The van der Waals surface area contributed by atoms with Gasteiger partial charge in [0.25, 0.3) is 0 Å². The number of hydrogen-bond acceptors (Lipinski definition) is 9. The molecule has 2 aliphatic rings. The normalized spacial score (nSPS) is 15.1. The second-order valence-electron chi connectivity index (χ2n) is 8.95. The Morgan fingerprint density at radius 1 is 0.837 bits per heavy atom. The van der Waals surface area contributed by atoms with Crippen molar-refractivity contribution in [2.75, 3.05) is 50.7 Å². The van der Waals surface area contributed by atoms with E-state index in [0.29, 0.717) is 31.6 Å². The summed E-state index contributed by atoms with van der Waals surface area (Å²) < 4.78 is 38.9. The summed E-state index contributed by atoms with van der Waals surface area (Å²) in [5, 5.41) is 29.6. The predicted octanol–water partition coefficient (Wildman–Crippen LogP) is 1.24. The highest BCUT2D eigenvalue weighted by molar-refractivity contribution is 6.27. The number of hydrogen-bond donors (Lipinski definition) is 4. The number of carboxylic acid groups (broad SMARTS) is 4. The van der Waals surface area contributed by atoms with E-state index < -0.39 is 35.6 Å². The quantitative estimate of drug-likeness (QED) is 0.360. The first-order chi connectivity index (χ1) is 20.2. The number of aliphatic carboxylic acids is 4. The van der Waals surface area contributed by atoms with E-state index in [2.05, 4.69) is 19.8 Å². The third kappa shape index (κ3) is 11.4. The third-order valence-electron chi connectivity index (χ3n) is 6.11. The number of alkyl halides is 3. The molecule has 0 aliphatic carbocycles. The van der Waals surface area contributed by atoms with Crippen molar-refractivity contribution in [2.45, 2.75) is 12.6 Å².